The van der Waals surface area contributed by atoms with Gasteiger partial charge in [-0.15, -0.1) is 0 Å². The first-order valence-electron chi connectivity index (χ1n) is 5.84. The van der Waals surface area contributed by atoms with E-state index in [0.717, 1.165) is 5.56 Å². The summed E-state index contributed by atoms with van der Waals surface area (Å²) < 4.78 is 14.0. The molecule has 0 amide bonds. The van der Waals surface area contributed by atoms with Crippen LogP contribution in [0, 0.1) is 5.82 Å². The van der Waals surface area contributed by atoms with Crippen LogP contribution in [0.5, 0.6) is 0 Å². The van der Waals surface area contributed by atoms with Crippen molar-refractivity contribution in [2.45, 2.75) is 6.92 Å². The molecule has 0 unspecified atom stereocenters. The Morgan fingerprint density at radius 2 is 1.84 bits per heavy atom. The van der Waals surface area contributed by atoms with E-state index in [9.17, 15) is 9.18 Å². The van der Waals surface area contributed by atoms with Crippen LogP contribution in [-0.4, -0.2) is 11.1 Å². The highest BCUT2D eigenvalue weighted by Crippen LogP contribution is 2.24. The van der Waals surface area contributed by atoms with E-state index in [-0.39, 0.29) is 11.4 Å². The summed E-state index contributed by atoms with van der Waals surface area (Å²) in [6, 6.07) is 13.9. The van der Waals surface area contributed by atoms with Crippen LogP contribution in [0.2, 0.25) is 0 Å². The van der Waals surface area contributed by atoms with Gasteiger partial charge in [0, 0.05) is 11.1 Å². The Kier molecular flexibility index (Phi) is 3.76. The fourth-order valence-corrected chi connectivity index (χ4v) is 1.78. The third kappa shape index (κ3) is 3.07. The zero-order valence-corrected chi connectivity index (χ0v) is 10.4. The lowest BCUT2D eigenvalue weighted by Gasteiger charge is -2.04. The normalized spacial score (nSPS) is 11.4. The highest BCUT2D eigenvalue weighted by molar-refractivity contribution is 5.91. The molecule has 0 aromatic heterocycles. The molecule has 2 nitrogen and oxygen atoms in total. The zero-order chi connectivity index (χ0) is 13.8. The Bertz CT molecular complexity index is 630. The molecule has 3 heteroatoms. The molecule has 2 aromatic carbocycles. The third-order valence-corrected chi connectivity index (χ3v) is 2.80. The molecule has 2 rings (SSSR count). The van der Waals surface area contributed by atoms with Crippen molar-refractivity contribution >= 4 is 12.0 Å². The summed E-state index contributed by atoms with van der Waals surface area (Å²) in [6.07, 6.45) is 1.44. The van der Waals surface area contributed by atoms with Gasteiger partial charge in [-0.25, -0.2) is 9.18 Å². The van der Waals surface area contributed by atoms with Gasteiger partial charge >= 0.3 is 5.97 Å². The van der Waals surface area contributed by atoms with E-state index in [1.165, 1.54) is 19.1 Å². The van der Waals surface area contributed by atoms with Gasteiger partial charge in [0.15, 0.2) is 0 Å². The lowest BCUT2D eigenvalue weighted by Crippen LogP contribution is -1.95. The standard InChI is InChI=1S/C16H13FO2/c1-11(16(18)19)9-12-7-8-14(15(17)10-12)13-5-3-2-4-6-13/h2-10H,1H3,(H,18,19)/b11-9+. The predicted octanol–water partition coefficient (Wildman–Crippen LogP) is 3.98. The highest BCUT2D eigenvalue weighted by Gasteiger charge is 2.06. The van der Waals surface area contributed by atoms with Gasteiger partial charge in [0.05, 0.1) is 0 Å². The monoisotopic (exact) mass is 256 g/mol. The molecule has 0 radical (unpaired) electrons. The Balaban J connectivity index is 2.38. The Morgan fingerprint density at radius 3 is 2.42 bits per heavy atom. The van der Waals surface area contributed by atoms with Crippen molar-refractivity contribution in [3.05, 3.63) is 65.5 Å². The Labute approximate surface area is 110 Å². The van der Waals surface area contributed by atoms with Crippen molar-refractivity contribution in [3.8, 4) is 11.1 Å². The fourth-order valence-electron chi connectivity index (χ4n) is 1.78. The van der Waals surface area contributed by atoms with Crippen LogP contribution < -0.4 is 0 Å². The molecule has 1 N–H and O–H groups in total. The molecule has 0 aliphatic rings. The van der Waals surface area contributed by atoms with Crippen molar-refractivity contribution in [2.24, 2.45) is 0 Å². The van der Waals surface area contributed by atoms with Gasteiger partial charge in [-0.1, -0.05) is 42.5 Å². The molecule has 0 heterocycles. The second-order valence-electron chi connectivity index (χ2n) is 4.24. The molecular weight excluding hydrogens is 243 g/mol. The first-order valence-corrected chi connectivity index (χ1v) is 5.84. The minimum Gasteiger partial charge on any atom is -0.478 e. The largest absolute Gasteiger partial charge is 0.478 e. The molecule has 0 atom stereocenters. The second kappa shape index (κ2) is 5.48. The van der Waals surface area contributed by atoms with Gasteiger partial charge in [-0.05, 0) is 30.2 Å². The SMILES string of the molecule is C/C(=C\c1ccc(-c2ccccc2)c(F)c1)C(=O)O. The van der Waals surface area contributed by atoms with Crippen molar-refractivity contribution in [1.82, 2.24) is 0 Å². The minimum absolute atomic E-state index is 0.173. The number of hydrogen-bond acceptors (Lipinski definition) is 1. The Morgan fingerprint density at radius 1 is 1.16 bits per heavy atom. The first-order chi connectivity index (χ1) is 9.08. The van der Waals surface area contributed by atoms with Crippen molar-refractivity contribution in [2.75, 3.05) is 0 Å². The molecular formula is C16H13FO2. The lowest BCUT2D eigenvalue weighted by atomic mass is 10.0. The van der Waals surface area contributed by atoms with Crippen LogP contribution in [0.1, 0.15) is 12.5 Å². The van der Waals surface area contributed by atoms with Crippen molar-refractivity contribution in [3.63, 3.8) is 0 Å². The van der Waals surface area contributed by atoms with Crippen LogP contribution in [0.15, 0.2) is 54.1 Å². The van der Waals surface area contributed by atoms with Crippen LogP contribution in [0.3, 0.4) is 0 Å². The molecule has 0 saturated heterocycles. The molecule has 0 bridgehead atoms. The van der Waals surface area contributed by atoms with Crippen molar-refractivity contribution < 1.29 is 14.3 Å². The van der Waals surface area contributed by atoms with Gasteiger partial charge in [0.25, 0.3) is 0 Å². The fraction of sp³-hybridized carbons (Fsp3) is 0.0625. The third-order valence-electron chi connectivity index (χ3n) is 2.80. The highest BCUT2D eigenvalue weighted by atomic mass is 19.1. The molecule has 2 aromatic rings. The number of carboxylic acids is 1. The van der Waals surface area contributed by atoms with E-state index in [4.69, 9.17) is 5.11 Å². The average molecular weight is 256 g/mol. The first kappa shape index (κ1) is 13.0. The summed E-state index contributed by atoms with van der Waals surface area (Å²) in [4.78, 5) is 10.7. The number of halogens is 1. The molecule has 0 spiro atoms. The van der Waals surface area contributed by atoms with E-state index in [2.05, 4.69) is 0 Å². The maximum Gasteiger partial charge on any atom is 0.331 e. The average Bonchev–Trinajstić information content (AvgIpc) is 2.39. The smallest absolute Gasteiger partial charge is 0.331 e. The molecule has 96 valence electrons. The van der Waals surface area contributed by atoms with Gasteiger partial charge in [0.1, 0.15) is 5.82 Å². The number of hydrogen-bond donors (Lipinski definition) is 1. The number of benzene rings is 2. The van der Waals surface area contributed by atoms with E-state index in [1.54, 1.807) is 12.1 Å². The maximum atomic E-state index is 14.0. The number of rotatable bonds is 3. The molecule has 0 saturated carbocycles. The van der Waals surface area contributed by atoms with Gasteiger partial charge in [-0.3, -0.25) is 0 Å². The maximum absolute atomic E-state index is 14.0. The zero-order valence-electron chi connectivity index (χ0n) is 10.4. The van der Waals surface area contributed by atoms with Crippen LogP contribution in [0.25, 0.3) is 17.2 Å². The van der Waals surface area contributed by atoms with E-state index in [0.29, 0.717) is 11.1 Å². The number of carboxylic acid groups (broad SMARTS) is 1. The number of carbonyl (C=O) groups is 1. The topological polar surface area (TPSA) is 37.3 Å². The van der Waals surface area contributed by atoms with Crippen LogP contribution in [0.4, 0.5) is 4.39 Å². The summed E-state index contributed by atoms with van der Waals surface area (Å²) in [5.41, 5.74) is 2.01. The van der Waals surface area contributed by atoms with E-state index >= 15 is 0 Å². The van der Waals surface area contributed by atoms with Crippen molar-refractivity contribution in [1.29, 1.82) is 0 Å². The van der Waals surface area contributed by atoms with E-state index in [1.807, 2.05) is 30.3 Å². The molecule has 0 fully saturated rings. The van der Waals surface area contributed by atoms with Crippen LogP contribution in [-0.2, 0) is 4.79 Å². The molecule has 19 heavy (non-hydrogen) atoms. The summed E-state index contributed by atoms with van der Waals surface area (Å²) in [6.45, 7) is 1.48. The summed E-state index contributed by atoms with van der Waals surface area (Å²) in [5.74, 6) is -1.37. The Hall–Kier alpha value is -2.42. The summed E-state index contributed by atoms with van der Waals surface area (Å²) >= 11 is 0. The van der Waals surface area contributed by atoms with Gasteiger partial charge < -0.3 is 5.11 Å². The van der Waals surface area contributed by atoms with Gasteiger partial charge in [0.2, 0.25) is 0 Å². The quantitative estimate of drug-likeness (QED) is 0.843. The minimum atomic E-state index is -1.01. The van der Waals surface area contributed by atoms with Crippen LogP contribution >= 0.6 is 0 Å². The molecule has 0 aliphatic carbocycles. The lowest BCUT2D eigenvalue weighted by molar-refractivity contribution is -0.132. The summed E-state index contributed by atoms with van der Waals surface area (Å²) in [7, 11) is 0. The van der Waals surface area contributed by atoms with E-state index < -0.39 is 5.97 Å². The molecule has 0 aliphatic heterocycles. The predicted molar refractivity (Wildman–Crippen MR) is 73.1 cm³/mol. The summed E-state index contributed by atoms with van der Waals surface area (Å²) in [5, 5.41) is 8.78. The van der Waals surface area contributed by atoms with Gasteiger partial charge in [-0.2, -0.15) is 0 Å². The second-order valence-corrected chi connectivity index (χ2v) is 4.24. The number of aliphatic carboxylic acids is 1.